The van der Waals surface area contributed by atoms with E-state index in [1.807, 2.05) is 18.7 Å². The maximum atomic E-state index is 14.4. The summed E-state index contributed by atoms with van der Waals surface area (Å²) in [5.74, 6) is -2.70. The van der Waals surface area contributed by atoms with Crippen LogP contribution in [0.3, 0.4) is 0 Å². The van der Waals surface area contributed by atoms with Crippen molar-refractivity contribution in [1.82, 2.24) is 14.7 Å². The number of β-amino-alcohol motifs (C(OH)–C–C–N with tert-alkyl or cyclic N) is 1. The Morgan fingerprint density at radius 2 is 1.78 bits per heavy atom. The molecule has 136 valence electrons. The zero-order valence-corrected chi connectivity index (χ0v) is 14.4. The van der Waals surface area contributed by atoms with E-state index in [0.717, 1.165) is 19.6 Å². The molecule has 1 atom stereocenters. The summed E-state index contributed by atoms with van der Waals surface area (Å²) in [6.45, 7) is 9.34. The maximum Gasteiger partial charge on any atom is 0.275 e. The minimum Gasteiger partial charge on any atom is -0.395 e. The molecule has 0 bridgehead atoms. The molecule has 0 aliphatic carbocycles. The number of halogens is 2. The van der Waals surface area contributed by atoms with Gasteiger partial charge in [0.25, 0.3) is 5.92 Å². The molecule has 0 radical (unpaired) electrons. The standard InChI is InChI=1S/C16H31F2N3O2/c1-14(2)23-12-10-19-5-7-21(8-6-19)15-3-4-20(9-11-22)13-16(15,17)18/h14-15,22H,3-13H2,1-2H3. The molecule has 0 saturated carbocycles. The van der Waals surface area contributed by atoms with E-state index in [9.17, 15) is 8.78 Å². The molecule has 0 spiro atoms. The fourth-order valence-corrected chi connectivity index (χ4v) is 3.50. The molecule has 2 heterocycles. The number of likely N-dealkylation sites (tertiary alicyclic amines) is 1. The van der Waals surface area contributed by atoms with Crippen molar-refractivity contribution in [1.29, 1.82) is 0 Å². The van der Waals surface area contributed by atoms with Crippen LogP contribution < -0.4 is 0 Å². The Balaban J connectivity index is 1.76. The van der Waals surface area contributed by atoms with Gasteiger partial charge in [0.2, 0.25) is 0 Å². The lowest BCUT2D eigenvalue weighted by atomic mass is 9.98. The van der Waals surface area contributed by atoms with Crippen molar-refractivity contribution < 1.29 is 18.6 Å². The molecule has 23 heavy (non-hydrogen) atoms. The van der Waals surface area contributed by atoms with Gasteiger partial charge in [-0.05, 0) is 20.3 Å². The molecule has 0 aromatic rings. The second-order valence-corrected chi connectivity index (χ2v) is 6.86. The van der Waals surface area contributed by atoms with Gasteiger partial charge in [-0.1, -0.05) is 0 Å². The third-order valence-electron chi connectivity index (χ3n) is 4.76. The first kappa shape index (κ1) is 19.0. The third kappa shape index (κ3) is 5.60. The average Bonchev–Trinajstić information content (AvgIpc) is 2.47. The lowest BCUT2D eigenvalue weighted by Gasteiger charge is -2.46. The van der Waals surface area contributed by atoms with Crippen molar-refractivity contribution in [2.75, 3.05) is 65.6 Å². The van der Waals surface area contributed by atoms with Gasteiger partial charge in [0, 0.05) is 45.8 Å². The number of piperazine rings is 1. The predicted molar refractivity (Wildman–Crippen MR) is 86.0 cm³/mol. The highest BCUT2D eigenvalue weighted by atomic mass is 19.3. The van der Waals surface area contributed by atoms with Crippen LogP contribution in [0.15, 0.2) is 0 Å². The van der Waals surface area contributed by atoms with Gasteiger partial charge >= 0.3 is 0 Å². The number of nitrogens with zero attached hydrogens (tertiary/aromatic N) is 3. The summed E-state index contributed by atoms with van der Waals surface area (Å²) in [5, 5.41) is 8.92. The molecule has 1 unspecified atom stereocenters. The minimum atomic E-state index is -2.70. The van der Waals surface area contributed by atoms with Crippen LogP contribution in [0, 0.1) is 0 Å². The number of hydrogen-bond acceptors (Lipinski definition) is 5. The van der Waals surface area contributed by atoms with E-state index in [0.29, 0.717) is 39.2 Å². The van der Waals surface area contributed by atoms with Crippen LogP contribution in [0.5, 0.6) is 0 Å². The second kappa shape index (κ2) is 8.67. The molecule has 0 amide bonds. The Kier molecular flexibility index (Phi) is 7.16. The first-order chi connectivity index (χ1) is 10.9. The molecule has 2 saturated heterocycles. The molecular weight excluding hydrogens is 304 g/mol. The smallest absolute Gasteiger partial charge is 0.275 e. The lowest BCUT2D eigenvalue weighted by molar-refractivity contribution is -0.134. The average molecular weight is 335 g/mol. The Morgan fingerprint density at radius 3 is 2.35 bits per heavy atom. The number of rotatable bonds is 7. The molecule has 2 aliphatic rings. The van der Waals surface area contributed by atoms with Crippen LogP contribution >= 0.6 is 0 Å². The first-order valence-electron chi connectivity index (χ1n) is 8.71. The van der Waals surface area contributed by atoms with Gasteiger partial charge < -0.3 is 9.84 Å². The van der Waals surface area contributed by atoms with Crippen molar-refractivity contribution in [3.05, 3.63) is 0 Å². The number of hydrogen-bond donors (Lipinski definition) is 1. The van der Waals surface area contributed by atoms with Crippen molar-refractivity contribution >= 4 is 0 Å². The molecule has 2 fully saturated rings. The summed E-state index contributed by atoms with van der Waals surface area (Å²) in [4.78, 5) is 5.91. The first-order valence-corrected chi connectivity index (χ1v) is 8.71. The van der Waals surface area contributed by atoms with Crippen molar-refractivity contribution in [3.8, 4) is 0 Å². The van der Waals surface area contributed by atoms with Crippen LogP contribution in [0.25, 0.3) is 0 Å². The predicted octanol–water partition coefficient (Wildman–Crippen LogP) is 0.731. The number of ether oxygens (including phenoxy) is 1. The van der Waals surface area contributed by atoms with Crippen molar-refractivity contribution in [2.45, 2.75) is 38.3 Å². The van der Waals surface area contributed by atoms with E-state index >= 15 is 0 Å². The second-order valence-electron chi connectivity index (χ2n) is 6.86. The zero-order valence-electron chi connectivity index (χ0n) is 14.4. The molecular formula is C16H31F2N3O2. The van der Waals surface area contributed by atoms with Gasteiger partial charge in [-0.25, -0.2) is 8.78 Å². The highest BCUT2D eigenvalue weighted by Gasteiger charge is 2.47. The number of piperidine rings is 1. The number of aliphatic hydroxyl groups is 1. The van der Waals surface area contributed by atoms with Gasteiger partial charge in [-0.2, -0.15) is 0 Å². The van der Waals surface area contributed by atoms with Gasteiger partial charge in [0.15, 0.2) is 0 Å². The molecule has 0 aromatic carbocycles. The summed E-state index contributed by atoms with van der Waals surface area (Å²) in [6, 6.07) is -0.661. The van der Waals surface area contributed by atoms with E-state index in [-0.39, 0.29) is 19.3 Å². The molecule has 2 aliphatic heterocycles. The van der Waals surface area contributed by atoms with E-state index in [2.05, 4.69) is 4.90 Å². The van der Waals surface area contributed by atoms with Crippen molar-refractivity contribution in [3.63, 3.8) is 0 Å². The van der Waals surface area contributed by atoms with Crippen LogP contribution in [0.4, 0.5) is 8.78 Å². The molecule has 2 rings (SSSR count). The van der Waals surface area contributed by atoms with E-state index in [1.54, 1.807) is 4.90 Å². The number of aliphatic hydroxyl groups excluding tert-OH is 1. The highest BCUT2D eigenvalue weighted by molar-refractivity contribution is 4.94. The third-order valence-corrected chi connectivity index (χ3v) is 4.76. The lowest BCUT2D eigenvalue weighted by Crippen LogP contribution is -2.62. The molecule has 1 N–H and O–H groups in total. The quantitative estimate of drug-likeness (QED) is 0.743. The van der Waals surface area contributed by atoms with E-state index in [4.69, 9.17) is 9.84 Å². The summed E-state index contributed by atoms with van der Waals surface area (Å²) in [6.07, 6.45) is 0.711. The van der Waals surface area contributed by atoms with Crippen LogP contribution in [0.1, 0.15) is 20.3 Å². The molecule has 7 heteroatoms. The SMILES string of the molecule is CC(C)OCCN1CCN(C2CCN(CCO)CC2(F)F)CC1. The van der Waals surface area contributed by atoms with Gasteiger partial charge in [-0.3, -0.25) is 14.7 Å². The maximum absolute atomic E-state index is 14.4. The highest BCUT2D eigenvalue weighted by Crippen LogP contribution is 2.31. The van der Waals surface area contributed by atoms with Crippen LogP contribution in [-0.2, 0) is 4.74 Å². The summed E-state index contributed by atoms with van der Waals surface area (Å²) in [5.41, 5.74) is 0. The Morgan fingerprint density at radius 1 is 1.09 bits per heavy atom. The number of alkyl halides is 2. The molecule has 0 aromatic heterocycles. The fourth-order valence-electron chi connectivity index (χ4n) is 3.50. The summed E-state index contributed by atoms with van der Waals surface area (Å²) >= 11 is 0. The van der Waals surface area contributed by atoms with Crippen LogP contribution in [0.2, 0.25) is 0 Å². The fraction of sp³-hybridized carbons (Fsp3) is 1.00. The Bertz CT molecular complexity index is 350. The monoisotopic (exact) mass is 335 g/mol. The molecule has 5 nitrogen and oxygen atoms in total. The zero-order chi connectivity index (χ0) is 16.9. The summed E-state index contributed by atoms with van der Waals surface area (Å²) < 4.78 is 34.4. The topological polar surface area (TPSA) is 39.2 Å². The summed E-state index contributed by atoms with van der Waals surface area (Å²) in [7, 11) is 0. The Hall–Kier alpha value is -0.340. The van der Waals surface area contributed by atoms with Crippen molar-refractivity contribution in [2.24, 2.45) is 0 Å². The Labute approximate surface area is 138 Å². The largest absolute Gasteiger partial charge is 0.395 e. The van der Waals surface area contributed by atoms with Crippen LogP contribution in [-0.4, -0.2) is 103 Å². The minimum absolute atomic E-state index is 0.0577. The normalized spacial score (nSPS) is 27.7. The van der Waals surface area contributed by atoms with Gasteiger partial charge in [0.05, 0.1) is 31.9 Å². The van der Waals surface area contributed by atoms with Gasteiger partial charge in [0.1, 0.15) is 0 Å². The van der Waals surface area contributed by atoms with E-state index in [1.165, 1.54) is 0 Å². The van der Waals surface area contributed by atoms with E-state index < -0.39 is 12.0 Å². The van der Waals surface area contributed by atoms with Gasteiger partial charge in [-0.15, -0.1) is 0 Å².